The Bertz CT molecular complexity index is 846. The fourth-order valence-electron chi connectivity index (χ4n) is 4.06. The number of carboxylic acids is 1. The summed E-state index contributed by atoms with van der Waals surface area (Å²) in [6.07, 6.45) is -2.16. The van der Waals surface area contributed by atoms with Crippen LogP contribution in [0.25, 0.3) is 0 Å². The van der Waals surface area contributed by atoms with Crippen LogP contribution in [-0.2, 0) is 11.0 Å². The second kappa shape index (κ2) is 7.95. The van der Waals surface area contributed by atoms with Crippen molar-refractivity contribution >= 4 is 5.97 Å². The number of nitrogens with zero attached hydrogens (tertiary/aromatic N) is 1. The zero-order valence-electron chi connectivity index (χ0n) is 16.0. The van der Waals surface area contributed by atoms with Gasteiger partial charge in [-0.25, -0.2) is 0 Å². The Morgan fingerprint density at radius 2 is 1.79 bits per heavy atom. The molecule has 1 saturated heterocycles. The highest BCUT2D eigenvalue weighted by atomic mass is 19.4. The monoisotopic (exact) mass is 391 g/mol. The molecule has 0 spiro atoms. The number of alkyl halides is 3. The fourth-order valence-corrected chi connectivity index (χ4v) is 4.06. The number of rotatable bonds is 4. The molecule has 28 heavy (non-hydrogen) atoms. The minimum atomic E-state index is -4.40. The fraction of sp³-hybridized carbons (Fsp3) is 0.409. The van der Waals surface area contributed by atoms with Gasteiger partial charge >= 0.3 is 12.1 Å². The number of aryl methyl sites for hydroxylation is 2. The van der Waals surface area contributed by atoms with E-state index in [1.807, 2.05) is 36.9 Å². The average Bonchev–Trinajstić information content (AvgIpc) is 2.64. The molecular weight excluding hydrogens is 367 g/mol. The smallest absolute Gasteiger partial charge is 0.416 e. The Morgan fingerprint density at radius 3 is 2.36 bits per heavy atom. The van der Waals surface area contributed by atoms with E-state index in [0.717, 1.165) is 41.7 Å². The Labute approximate surface area is 162 Å². The lowest BCUT2D eigenvalue weighted by Crippen LogP contribution is -2.47. The van der Waals surface area contributed by atoms with E-state index in [1.54, 1.807) is 0 Å². The second-order valence-corrected chi connectivity index (χ2v) is 7.47. The first-order valence-corrected chi connectivity index (χ1v) is 9.41. The minimum Gasteiger partial charge on any atom is -0.480 e. The molecule has 6 heteroatoms. The summed E-state index contributed by atoms with van der Waals surface area (Å²) in [4.78, 5) is 13.8. The zero-order chi connectivity index (χ0) is 20.5. The molecule has 1 aliphatic heterocycles. The van der Waals surface area contributed by atoms with E-state index in [4.69, 9.17) is 0 Å². The quantitative estimate of drug-likeness (QED) is 0.764. The first-order chi connectivity index (χ1) is 13.2. The van der Waals surface area contributed by atoms with E-state index in [1.165, 1.54) is 12.1 Å². The lowest BCUT2D eigenvalue weighted by atomic mass is 9.88. The number of hydrogen-bond acceptors (Lipinski definition) is 2. The minimum absolute atomic E-state index is 0.399. The molecule has 3 nitrogen and oxygen atoms in total. The first kappa shape index (κ1) is 20.4. The van der Waals surface area contributed by atoms with Crippen LogP contribution in [-0.4, -0.2) is 28.6 Å². The maximum absolute atomic E-state index is 13.0. The Balaban J connectivity index is 2.10. The topological polar surface area (TPSA) is 40.5 Å². The third kappa shape index (κ3) is 4.22. The van der Waals surface area contributed by atoms with Gasteiger partial charge in [0.05, 0.1) is 11.6 Å². The van der Waals surface area contributed by atoms with Gasteiger partial charge in [0.2, 0.25) is 0 Å². The van der Waals surface area contributed by atoms with Crippen LogP contribution in [0.3, 0.4) is 0 Å². The normalized spacial score (nSPS) is 19.4. The number of hydrogen-bond donors (Lipinski definition) is 1. The molecule has 2 aromatic rings. The van der Waals surface area contributed by atoms with Gasteiger partial charge < -0.3 is 5.11 Å². The largest absolute Gasteiger partial charge is 0.480 e. The molecule has 0 bridgehead atoms. The van der Waals surface area contributed by atoms with E-state index in [2.05, 4.69) is 0 Å². The van der Waals surface area contributed by atoms with Crippen molar-refractivity contribution < 1.29 is 23.1 Å². The van der Waals surface area contributed by atoms with Gasteiger partial charge in [-0.2, -0.15) is 13.2 Å². The maximum atomic E-state index is 13.0. The number of likely N-dealkylation sites (tertiary alicyclic amines) is 1. The van der Waals surface area contributed by atoms with Gasteiger partial charge in [0, 0.05) is 0 Å². The highest BCUT2D eigenvalue weighted by molar-refractivity contribution is 5.73. The van der Waals surface area contributed by atoms with Crippen LogP contribution in [0.5, 0.6) is 0 Å². The van der Waals surface area contributed by atoms with Crippen molar-refractivity contribution in [2.45, 2.75) is 51.4 Å². The predicted molar refractivity (Wildman–Crippen MR) is 101 cm³/mol. The van der Waals surface area contributed by atoms with E-state index < -0.39 is 29.8 Å². The van der Waals surface area contributed by atoms with Crippen LogP contribution in [0, 0.1) is 13.8 Å². The standard InChI is InChI=1S/C22H24F3NO2/c1-14-6-11-18(15(2)13-14)20(26-12-4-3-5-19(26)21(27)28)16-7-9-17(10-8-16)22(23,24)25/h6-11,13,19-20H,3-5,12H2,1-2H3,(H,27,28). The van der Waals surface area contributed by atoms with Crippen molar-refractivity contribution in [3.05, 3.63) is 70.3 Å². The third-order valence-electron chi connectivity index (χ3n) is 5.43. The summed E-state index contributed by atoms with van der Waals surface area (Å²) in [5.74, 6) is -0.888. The number of aliphatic carboxylic acids is 1. The Kier molecular flexibility index (Phi) is 5.79. The van der Waals surface area contributed by atoms with Crippen molar-refractivity contribution in [2.75, 3.05) is 6.54 Å². The molecule has 0 saturated carbocycles. The molecule has 0 amide bonds. The van der Waals surface area contributed by atoms with Gasteiger partial charge in [-0.15, -0.1) is 0 Å². The van der Waals surface area contributed by atoms with Crippen LogP contribution >= 0.6 is 0 Å². The van der Waals surface area contributed by atoms with E-state index in [0.29, 0.717) is 18.5 Å². The molecule has 2 aromatic carbocycles. The first-order valence-electron chi connectivity index (χ1n) is 9.41. The van der Waals surface area contributed by atoms with Gasteiger partial charge in [-0.05, 0) is 62.1 Å². The number of carbonyl (C=O) groups is 1. The molecule has 150 valence electrons. The molecule has 2 atom stereocenters. The van der Waals surface area contributed by atoms with Crippen molar-refractivity contribution in [1.82, 2.24) is 4.90 Å². The van der Waals surface area contributed by atoms with Gasteiger partial charge in [-0.3, -0.25) is 9.69 Å². The molecule has 0 aromatic heterocycles. The van der Waals surface area contributed by atoms with Crippen LogP contribution in [0.2, 0.25) is 0 Å². The third-order valence-corrected chi connectivity index (χ3v) is 5.43. The van der Waals surface area contributed by atoms with Gasteiger partial charge in [0.1, 0.15) is 6.04 Å². The molecule has 1 heterocycles. The van der Waals surface area contributed by atoms with Gasteiger partial charge in [0.15, 0.2) is 0 Å². The summed E-state index contributed by atoms with van der Waals surface area (Å²) < 4.78 is 39.0. The summed E-state index contributed by atoms with van der Waals surface area (Å²) >= 11 is 0. The predicted octanol–water partition coefficient (Wildman–Crippen LogP) is 5.35. The average molecular weight is 391 g/mol. The summed E-state index contributed by atoms with van der Waals surface area (Å²) in [5, 5.41) is 9.73. The summed E-state index contributed by atoms with van der Waals surface area (Å²) in [5.41, 5.74) is 2.98. The Hall–Kier alpha value is -2.34. The van der Waals surface area contributed by atoms with Crippen molar-refractivity contribution in [1.29, 1.82) is 0 Å². The van der Waals surface area contributed by atoms with E-state index in [9.17, 15) is 23.1 Å². The van der Waals surface area contributed by atoms with Crippen molar-refractivity contribution in [3.8, 4) is 0 Å². The van der Waals surface area contributed by atoms with Crippen LogP contribution in [0.15, 0.2) is 42.5 Å². The number of piperidine rings is 1. The maximum Gasteiger partial charge on any atom is 0.416 e. The summed E-state index contributed by atoms with van der Waals surface area (Å²) in [6.45, 7) is 4.53. The van der Waals surface area contributed by atoms with E-state index >= 15 is 0 Å². The highest BCUT2D eigenvalue weighted by Crippen LogP contribution is 2.37. The van der Waals surface area contributed by atoms with Crippen molar-refractivity contribution in [3.63, 3.8) is 0 Å². The molecule has 0 radical (unpaired) electrons. The molecule has 3 rings (SSSR count). The molecule has 0 aliphatic carbocycles. The lowest BCUT2D eigenvalue weighted by molar-refractivity contribution is -0.145. The molecule has 2 unspecified atom stereocenters. The SMILES string of the molecule is Cc1ccc(C(c2ccc(C(F)(F)F)cc2)N2CCCCC2C(=O)O)c(C)c1. The lowest BCUT2D eigenvalue weighted by Gasteiger charge is -2.40. The number of benzene rings is 2. The second-order valence-electron chi connectivity index (χ2n) is 7.47. The van der Waals surface area contributed by atoms with Gasteiger partial charge in [0.25, 0.3) is 0 Å². The summed E-state index contributed by atoms with van der Waals surface area (Å²) in [7, 11) is 0. The number of halogens is 3. The molecule has 1 N–H and O–H groups in total. The summed E-state index contributed by atoms with van der Waals surface area (Å²) in [6, 6.07) is 9.98. The molecule has 1 aliphatic rings. The highest BCUT2D eigenvalue weighted by Gasteiger charge is 2.36. The Morgan fingerprint density at radius 1 is 1.11 bits per heavy atom. The number of carboxylic acid groups (broad SMARTS) is 1. The van der Waals surface area contributed by atoms with Crippen molar-refractivity contribution in [2.24, 2.45) is 0 Å². The van der Waals surface area contributed by atoms with E-state index in [-0.39, 0.29) is 0 Å². The van der Waals surface area contributed by atoms with Gasteiger partial charge in [-0.1, -0.05) is 42.3 Å². The van der Waals surface area contributed by atoms with Crippen LogP contribution in [0.4, 0.5) is 13.2 Å². The molecule has 1 fully saturated rings. The van der Waals surface area contributed by atoms with Crippen LogP contribution in [0.1, 0.15) is 53.1 Å². The zero-order valence-corrected chi connectivity index (χ0v) is 16.0. The molecular formula is C22H24F3NO2. The van der Waals surface area contributed by atoms with Crippen LogP contribution < -0.4 is 0 Å².